The molecular formula is C15H11NO8. The summed E-state index contributed by atoms with van der Waals surface area (Å²) in [4.78, 5) is 58.9. The number of rotatable bonds is 6. The summed E-state index contributed by atoms with van der Waals surface area (Å²) < 4.78 is 0. The van der Waals surface area contributed by atoms with Gasteiger partial charge in [-0.3, -0.25) is 19.3 Å². The van der Waals surface area contributed by atoms with Crippen LogP contribution in [0.2, 0.25) is 0 Å². The molecule has 9 heteroatoms. The summed E-state index contributed by atoms with van der Waals surface area (Å²) in [5, 5.41) is 29.0. The van der Waals surface area contributed by atoms with E-state index in [1.54, 1.807) is 0 Å². The van der Waals surface area contributed by atoms with Crippen molar-refractivity contribution in [1.82, 2.24) is 4.90 Å². The Kier molecular flexibility index (Phi) is 4.29. The van der Waals surface area contributed by atoms with Crippen molar-refractivity contribution in [2.24, 2.45) is 0 Å². The molecule has 1 aromatic rings. The fourth-order valence-corrected chi connectivity index (χ4v) is 2.29. The molecule has 9 nitrogen and oxygen atoms in total. The van der Waals surface area contributed by atoms with E-state index in [-0.39, 0.29) is 10.5 Å². The Morgan fingerprint density at radius 3 is 1.88 bits per heavy atom. The molecule has 1 heterocycles. The van der Waals surface area contributed by atoms with Crippen LogP contribution >= 0.6 is 0 Å². The summed E-state index contributed by atoms with van der Waals surface area (Å²) in [6.07, 6.45) is 1.43. The van der Waals surface area contributed by atoms with E-state index in [1.807, 2.05) is 0 Å². The molecule has 0 bridgehead atoms. The third-order valence-electron chi connectivity index (χ3n) is 3.44. The number of carbonyl (C=O) groups is 5. The zero-order chi connectivity index (χ0) is 18.1. The third-order valence-corrected chi connectivity index (χ3v) is 3.44. The van der Waals surface area contributed by atoms with Crippen LogP contribution in [0, 0.1) is 0 Å². The van der Waals surface area contributed by atoms with Crippen molar-refractivity contribution >= 4 is 29.5 Å². The van der Waals surface area contributed by atoms with E-state index in [4.69, 9.17) is 0 Å². The average Bonchev–Trinajstić information content (AvgIpc) is 2.86. The largest absolute Gasteiger partial charge is 0.480 e. The van der Waals surface area contributed by atoms with Crippen LogP contribution in [0.3, 0.4) is 0 Å². The molecule has 2 atom stereocenters. The summed E-state index contributed by atoms with van der Waals surface area (Å²) in [7, 11) is 0. The van der Waals surface area contributed by atoms with Crippen LogP contribution in [-0.2, 0) is 19.2 Å². The first kappa shape index (κ1) is 17.0. The Hall–Kier alpha value is -3.33. The second-order valence-electron chi connectivity index (χ2n) is 4.89. The summed E-state index contributed by atoms with van der Waals surface area (Å²) in [6.45, 7) is 0. The number of carboxylic acids is 2. The fourth-order valence-electron chi connectivity index (χ4n) is 2.29. The number of aliphatic hydroxyl groups is 1. The van der Waals surface area contributed by atoms with Gasteiger partial charge < -0.3 is 15.3 Å². The molecule has 2 rings (SSSR count). The second kappa shape index (κ2) is 6.05. The maximum Gasteiger partial charge on any atom is 0.346 e. The SMILES string of the molecule is O=C(O)C(N1C(=O)C=CC1=O)C(O)(C(=O)O)C(=O)c1ccccc1. The van der Waals surface area contributed by atoms with Gasteiger partial charge in [0.15, 0.2) is 6.04 Å². The molecule has 0 saturated carbocycles. The van der Waals surface area contributed by atoms with Gasteiger partial charge in [-0.25, -0.2) is 9.59 Å². The average molecular weight is 333 g/mol. The van der Waals surface area contributed by atoms with Gasteiger partial charge in [0.1, 0.15) is 0 Å². The Morgan fingerprint density at radius 1 is 0.958 bits per heavy atom. The number of hydrogen-bond acceptors (Lipinski definition) is 6. The first-order valence-corrected chi connectivity index (χ1v) is 6.55. The van der Waals surface area contributed by atoms with Gasteiger partial charge in [-0.05, 0) is 0 Å². The molecule has 2 unspecified atom stereocenters. The van der Waals surface area contributed by atoms with E-state index in [1.165, 1.54) is 30.3 Å². The molecule has 1 aromatic carbocycles. The number of benzene rings is 1. The van der Waals surface area contributed by atoms with Gasteiger partial charge in [-0.2, -0.15) is 0 Å². The minimum Gasteiger partial charge on any atom is -0.480 e. The van der Waals surface area contributed by atoms with Crippen molar-refractivity contribution in [3.05, 3.63) is 48.0 Å². The van der Waals surface area contributed by atoms with Crippen molar-refractivity contribution in [3.63, 3.8) is 0 Å². The first-order chi connectivity index (χ1) is 11.2. The highest BCUT2D eigenvalue weighted by molar-refractivity contribution is 6.21. The Labute approximate surface area is 134 Å². The van der Waals surface area contributed by atoms with E-state index < -0.39 is 41.2 Å². The normalized spacial score (nSPS) is 17.5. The smallest absolute Gasteiger partial charge is 0.346 e. The highest BCUT2D eigenvalue weighted by Crippen LogP contribution is 2.25. The Morgan fingerprint density at radius 2 is 1.46 bits per heavy atom. The van der Waals surface area contributed by atoms with Gasteiger partial charge >= 0.3 is 11.9 Å². The van der Waals surface area contributed by atoms with Crippen LogP contribution in [0.5, 0.6) is 0 Å². The molecule has 3 N–H and O–H groups in total. The predicted molar refractivity (Wildman–Crippen MR) is 75.8 cm³/mol. The lowest BCUT2D eigenvalue weighted by atomic mass is 9.84. The zero-order valence-corrected chi connectivity index (χ0v) is 11.9. The van der Waals surface area contributed by atoms with Crippen molar-refractivity contribution in [1.29, 1.82) is 0 Å². The third kappa shape index (κ3) is 2.57. The van der Waals surface area contributed by atoms with Crippen molar-refractivity contribution in [2.45, 2.75) is 11.6 Å². The van der Waals surface area contributed by atoms with E-state index in [9.17, 15) is 39.3 Å². The molecule has 24 heavy (non-hydrogen) atoms. The summed E-state index contributed by atoms with van der Waals surface area (Å²) >= 11 is 0. The number of Topliss-reactive ketones (excluding diaryl/α,β-unsaturated/α-hetero) is 1. The Bertz CT molecular complexity index is 751. The number of nitrogens with zero attached hydrogens (tertiary/aromatic N) is 1. The van der Waals surface area contributed by atoms with E-state index >= 15 is 0 Å². The lowest BCUT2D eigenvalue weighted by Gasteiger charge is -2.33. The van der Waals surface area contributed by atoms with Gasteiger partial charge in [0, 0.05) is 17.7 Å². The van der Waals surface area contributed by atoms with Gasteiger partial charge in [0.05, 0.1) is 0 Å². The van der Waals surface area contributed by atoms with Crippen molar-refractivity contribution in [2.75, 3.05) is 0 Å². The number of carbonyl (C=O) groups excluding carboxylic acids is 3. The van der Waals surface area contributed by atoms with Crippen molar-refractivity contribution < 1.29 is 39.3 Å². The van der Waals surface area contributed by atoms with Crippen LogP contribution in [0.1, 0.15) is 10.4 Å². The highest BCUT2D eigenvalue weighted by atomic mass is 16.4. The van der Waals surface area contributed by atoms with Crippen LogP contribution in [0.25, 0.3) is 0 Å². The number of ketones is 1. The number of carboxylic acid groups (broad SMARTS) is 2. The number of aliphatic carboxylic acids is 2. The number of amides is 2. The predicted octanol–water partition coefficient (Wildman–Crippen LogP) is -0.937. The second-order valence-corrected chi connectivity index (χ2v) is 4.89. The zero-order valence-electron chi connectivity index (χ0n) is 11.9. The summed E-state index contributed by atoms with van der Waals surface area (Å²) in [5.41, 5.74) is -3.84. The maximum absolute atomic E-state index is 12.5. The molecule has 1 aliphatic heterocycles. The molecule has 0 fully saturated rings. The standard InChI is InChI=1S/C15H11NO8/c17-9-6-7-10(18)16(9)11(13(20)21)15(24,14(22)23)12(19)8-4-2-1-3-5-8/h1-7,11,24H,(H,20,21)(H,22,23). The topological polar surface area (TPSA) is 149 Å². The fraction of sp³-hybridized carbons (Fsp3) is 0.133. The number of imide groups is 1. The van der Waals surface area contributed by atoms with Crippen molar-refractivity contribution in [3.8, 4) is 0 Å². The van der Waals surface area contributed by atoms with E-state index in [0.717, 1.165) is 0 Å². The monoisotopic (exact) mass is 333 g/mol. The molecule has 124 valence electrons. The molecule has 1 aliphatic rings. The van der Waals surface area contributed by atoms with Gasteiger partial charge in [0.25, 0.3) is 17.4 Å². The van der Waals surface area contributed by atoms with E-state index in [2.05, 4.69) is 0 Å². The van der Waals surface area contributed by atoms with Gasteiger partial charge in [0.2, 0.25) is 5.78 Å². The molecule has 0 saturated heterocycles. The molecular weight excluding hydrogens is 322 g/mol. The van der Waals surface area contributed by atoms with Crippen LogP contribution in [-0.4, -0.2) is 61.4 Å². The van der Waals surface area contributed by atoms with Crippen LogP contribution < -0.4 is 0 Å². The minimum absolute atomic E-state index is 0.0251. The summed E-state index contributed by atoms with van der Waals surface area (Å²) in [5.74, 6) is -7.97. The van der Waals surface area contributed by atoms with Crippen LogP contribution in [0.4, 0.5) is 0 Å². The maximum atomic E-state index is 12.5. The quantitative estimate of drug-likeness (QED) is 0.343. The Balaban J connectivity index is 2.60. The minimum atomic E-state index is -3.55. The number of hydrogen-bond donors (Lipinski definition) is 3. The molecule has 0 radical (unpaired) electrons. The molecule has 0 aromatic heterocycles. The first-order valence-electron chi connectivity index (χ1n) is 6.55. The molecule has 0 spiro atoms. The highest BCUT2D eigenvalue weighted by Gasteiger charge is 2.60. The lowest BCUT2D eigenvalue weighted by Crippen LogP contribution is -2.66. The van der Waals surface area contributed by atoms with Gasteiger partial charge in [-0.15, -0.1) is 0 Å². The van der Waals surface area contributed by atoms with Crippen LogP contribution in [0.15, 0.2) is 42.5 Å². The molecule has 2 amide bonds. The molecule has 0 aliphatic carbocycles. The lowest BCUT2D eigenvalue weighted by molar-refractivity contribution is -0.173. The summed E-state index contributed by atoms with van der Waals surface area (Å²) in [6, 6.07) is 3.97. The van der Waals surface area contributed by atoms with Gasteiger partial charge in [-0.1, -0.05) is 30.3 Å². The van der Waals surface area contributed by atoms with E-state index in [0.29, 0.717) is 12.2 Å².